The molecule has 0 bridgehead atoms. The van der Waals surface area contributed by atoms with Gasteiger partial charge in [0.2, 0.25) is 11.8 Å². The first-order chi connectivity index (χ1) is 16.1. The van der Waals surface area contributed by atoms with E-state index in [1.807, 2.05) is 0 Å². The maximum Gasteiger partial charge on any atom is 0.406 e. The molecular formula is C19H28FN6O7P. The highest BCUT2D eigenvalue weighted by Crippen LogP contribution is 2.55. The zero-order valence-corrected chi connectivity index (χ0v) is 20.2. The molecule has 0 spiro atoms. The number of esters is 1. The minimum Gasteiger partial charge on any atom is -0.476 e. The molecule has 0 saturated carbocycles. The molecule has 0 aliphatic carbocycles. The second-order valence-electron chi connectivity index (χ2n) is 8.13. The maximum absolute atomic E-state index is 16.0. The molecule has 2 aromatic rings. The van der Waals surface area contributed by atoms with Crippen molar-refractivity contribution in [1.29, 1.82) is 0 Å². The topological polar surface area (TPSA) is 162 Å². The first kappa shape index (κ1) is 24.7. The van der Waals surface area contributed by atoms with Crippen LogP contribution in [-0.2, 0) is 34.4 Å². The third-order valence-corrected chi connectivity index (χ3v) is 7.31. The van der Waals surface area contributed by atoms with E-state index >= 15 is 4.39 Å². The number of hydrogen-bond acceptors (Lipinski definition) is 11. The fraction of sp³-hybridized carbons (Fsp3) is 0.684. The van der Waals surface area contributed by atoms with Gasteiger partial charge in [-0.25, -0.2) is 19.0 Å². The first-order valence-corrected chi connectivity index (χ1v) is 12.4. The van der Waals surface area contributed by atoms with Crippen LogP contribution in [0.1, 0.15) is 27.7 Å². The number of alkyl halides is 1. The summed E-state index contributed by atoms with van der Waals surface area (Å²) in [6.07, 6.45) is -1.56. The number of nitrogens with one attached hydrogen (secondary N) is 1. The smallest absolute Gasteiger partial charge is 0.406 e. The molecule has 4 rings (SSSR count). The number of carbonyl (C=O) groups is 1. The van der Waals surface area contributed by atoms with Crippen molar-refractivity contribution in [3.8, 4) is 5.88 Å². The Balaban J connectivity index is 1.52. The molecule has 15 heteroatoms. The summed E-state index contributed by atoms with van der Waals surface area (Å²) in [6.45, 7) is 6.55. The summed E-state index contributed by atoms with van der Waals surface area (Å²) < 4.78 is 57.7. The van der Waals surface area contributed by atoms with E-state index in [1.165, 1.54) is 20.2 Å². The van der Waals surface area contributed by atoms with Crippen LogP contribution in [0.25, 0.3) is 11.2 Å². The molecule has 2 saturated heterocycles. The normalized spacial score (nSPS) is 31.9. The van der Waals surface area contributed by atoms with Crippen LogP contribution in [0.4, 0.5) is 10.3 Å². The monoisotopic (exact) mass is 502 g/mol. The van der Waals surface area contributed by atoms with Crippen LogP contribution in [0, 0.1) is 0 Å². The lowest BCUT2D eigenvalue weighted by Crippen LogP contribution is -2.48. The second-order valence-corrected chi connectivity index (χ2v) is 9.85. The van der Waals surface area contributed by atoms with Crippen molar-refractivity contribution in [2.75, 3.05) is 25.6 Å². The highest BCUT2D eigenvalue weighted by molar-refractivity contribution is 7.51. The summed E-state index contributed by atoms with van der Waals surface area (Å²) >= 11 is 0. The van der Waals surface area contributed by atoms with E-state index in [-0.39, 0.29) is 31.6 Å². The molecule has 0 unspecified atom stereocenters. The van der Waals surface area contributed by atoms with Crippen LogP contribution in [0.15, 0.2) is 6.33 Å². The van der Waals surface area contributed by atoms with Crippen molar-refractivity contribution < 1.29 is 37.0 Å². The Morgan fingerprint density at radius 3 is 2.91 bits per heavy atom. The average Bonchev–Trinajstić information content (AvgIpc) is 3.27. The van der Waals surface area contributed by atoms with Crippen molar-refractivity contribution in [3.63, 3.8) is 0 Å². The number of nitrogens with zero attached hydrogens (tertiary/aromatic N) is 4. The summed E-state index contributed by atoms with van der Waals surface area (Å²) in [5.74, 6) is -0.413. The third kappa shape index (κ3) is 4.60. The number of ether oxygens (including phenoxy) is 3. The molecule has 0 amide bonds. The van der Waals surface area contributed by atoms with Gasteiger partial charge in [-0.05, 0) is 27.7 Å². The molecule has 2 fully saturated rings. The molecule has 188 valence electrons. The van der Waals surface area contributed by atoms with Gasteiger partial charge < -0.3 is 24.5 Å². The van der Waals surface area contributed by atoms with Crippen molar-refractivity contribution in [2.45, 2.75) is 64.3 Å². The summed E-state index contributed by atoms with van der Waals surface area (Å²) in [7, 11) is -4.00. The Hall–Kier alpha value is -2.38. The Morgan fingerprint density at radius 1 is 1.44 bits per heavy atom. The molecule has 0 radical (unpaired) electrons. The van der Waals surface area contributed by atoms with E-state index in [0.717, 1.165) is 0 Å². The third-order valence-electron chi connectivity index (χ3n) is 5.61. The van der Waals surface area contributed by atoms with Crippen LogP contribution >= 0.6 is 7.75 Å². The Labute approximate surface area is 195 Å². The van der Waals surface area contributed by atoms with E-state index in [0.29, 0.717) is 17.8 Å². The van der Waals surface area contributed by atoms with E-state index in [4.69, 9.17) is 29.0 Å². The lowest BCUT2D eigenvalue weighted by atomic mass is 9.95. The van der Waals surface area contributed by atoms with Gasteiger partial charge in [-0.15, -0.1) is 0 Å². The molecule has 34 heavy (non-hydrogen) atoms. The van der Waals surface area contributed by atoms with Gasteiger partial charge in [0.25, 0.3) is 0 Å². The van der Waals surface area contributed by atoms with Gasteiger partial charge in [-0.1, -0.05) is 0 Å². The predicted molar refractivity (Wildman–Crippen MR) is 117 cm³/mol. The van der Waals surface area contributed by atoms with Gasteiger partial charge in [0.1, 0.15) is 24.4 Å². The molecule has 0 aromatic carbocycles. The van der Waals surface area contributed by atoms with E-state index in [9.17, 15) is 9.36 Å². The average molecular weight is 502 g/mol. The van der Waals surface area contributed by atoms with Gasteiger partial charge >= 0.3 is 13.7 Å². The summed E-state index contributed by atoms with van der Waals surface area (Å²) in [5, 5.41) is 2.49. The van der Waals surface area contributed by atoms with Crippen molar-refractivity contribution >= 4 is 30.8 Å². The minimum atomic E-state index is -4.00. The number of imidazole rings is 1. The number of rotatable bonds is 8. The molecule has 2 aliphatic rings. The van der Waals surface area contributed by atoms with Crippen LogP contribution in [0.3, 0.4) is 0 Å². The molecule has 2 aliphatic heterocycles. The highest BCUT2D eigenvalue weighted by atomic mass is 31.2. The number of nitrogens with two attached hydrogens (primary N) is 1. The molecule has 6 atom stereocenters. The fourth-order valence-corrected chi connectivity index (χ4v) is 5.70. The number of nitrogen functional groups attached to an aromatic ring is 1. The quantitative estimate of drug-likeness (QED) is 0.394. The fourth-order valence-electron chi connectivity index (χ4n) is 3.94. The van der Waals surface area contributed by atoms with Crippen LogP contribution in [-0.4, -0.2) is 75.3 Å². The minimum absolute atomic E-state index is 0.0127. The molecular weight excluding hydrogens is 474 g/mol. The summed E-state index contributed by atoms with van der Waals surface area (Å²) in [6, 6.07) is -0.978. The van der Waals surface area contributed by atoms with Crippen LogP contribution < -0.4 is 15.6 Å². The van der Waals surface area contributed by atoms with Gasteiger partial charge in [0, 0.05) is 0 Å². The zero-order valence-electron chi connectivity index (χ0n) is 19.3. The Kier molecular flexibility index (Phi) is 6.80. The predicted octanol–water partition coefficient (Wildman–Crippen LogP) is 1.37. The van der Waals surface area contributed by atoms with Gasteiger partial charge in [0.05, 0.1) is 32.7 Å². The number of halogens is 1. The largest absolute Gasteiger partial charge is 0.476 e. The van der Waals surface area contributed by atoms with Crippen LogP contribution in [0.5, 0.6) is 5.88 Å². The van der Waals surface area contributed by atoms with Crippen molar-refractivity contribution in [2.24, 2.45) is 0 Å². The zero-order chi connectivity index (χ0) is 24.7. The molecule has 13 nitrogen and oxygen atoms in total. The number of hydrogen-bond donors (Lipinski definition) is 2. The number of fused-ring (bicyclic) bond motifs is 2. The van der Waals surface area contributed by atoms with E-state index in [2.05, 4.69) is 20.0 Å². The molecule has 4 heterocycles. The van der Waals surface area contributed by atoms with E-state index in [1.54, 1.807) is 18.4 Å². The summed E-state index contributed by atoms with van der Waals surface area (Å²) in [5.41, 5.74) is 4.48. The Morgan fingerprint density at radius 2 is 2.21 bits per heavy atom. The molecule has 2 aromatic heterocycles. The highest BCUT2D eigenvalue weighted by Gasteiger charge is 2.60. The number of aromatic nitrogens is 4. The van der Waals surface area contributed by atoms with Gasteiger partial charge in [-0.3, -0.25) is 13.8 Å². The van der Waals surface area contributed by atoms with Crippen molar-refractivity contribution in [3.05, 3.63) is 6.33 Å². The van der Waals surface area contributed by atoms with Gasteiger partial charge in [0.15, 0.2) is 16.8 Å². The van der Waals surface area contributed by atoms with Crippen LogP contribution in [0.2, 0.25) is 0 Å². The Bertz CT molecular complexity index is 1110. The standard InChI is InChI=1S/C19H28FN6O7P/c1-5-29-16-13-15(23-18(21)24-16)26(9-22-13)7-12-19(4,20)14-11(32-12)8-31-34(28,33-14)25-10(3)17(27)30-6-2/h9-12,14H,5-8H2,1-4H3,(H,25,28)(H2,21,23,24)/t10-,11+,12-,14+,19-,34+/m0/s1. The maximum atomic E-state index is 16.0. The van der Waals surface area contributed by atoms with E-state index < -0.39 is 43.7 Å². The van der Waals surface area contributed by atoms with Crippen molar-refractivity contribution in [1.82, 2.24) is 24.6 Å². The second kappa shape index (κ2) is 9.34. The lowest BCUT2D eigenvalue weighted by molar-refractivity contribution is -0.145. The number of anilines is 1. The first-order valence-electron chi connectivity index (χ1n) is 10.9. The van der Waals surface area contributed by atoms with Gasteiger partial charge in [-0.2, -0.15) is 9.97 Å². The summed E-state index contributed by atoms with van der Waals surface area (Å²) in [4.78, 5) is 24.4. The number of carbonyl (C=O) groups excluding carboxylic acids is 1. The SMILES string of the molecule is CCOC(=O)[C@H](C)N[P@@]1(=O)OC[C@H]2O[C@@H](Cn3cnc4c(OCC)nc(N)nc43)[C@](C)(F)[C@@H]2O1. The molecule has 3 N–H and O–H groups in total. The lowest BCUT2D eigenvalue weighted by Gasteiger charge is -2.35.